The molecule has 1 heteroatoms. The molecule has 28 heavy (non-hydrogen) atoms. The van der Waals surface area contributed by atoms with Gasteiger partial charge in [-0.25, -0.2) is 0 Å². The van der Waals surface area contributed by atoms with Gasteiger partial charge in [0.1, 0.15) is 0 Å². The highest BCUT2D eigenvalue weighted by molar-refractivity contribution is 5.86. The Bertz CT molecular complexity index is 1120. The minimum Gasteiger partial charge on any atom is -0.336 e. The summed E-state index contributed by atoms with van der Waals surface area (Å²) in [6.07, 6.45) is 5.03. The number of para-hydroxylation sites is 1. The normalized spacial score (nSPS) is 23.5. The second-order valence-corrected chi connectivity index (χ2v) is 8.43. The lowest BCUT2D eigenvalue weighted by Gasteiger charge is -2.41. The Labute approximate surface area is 166 Å². The predicted octanol–water partition coefficient (Wildman–Crippen LogP) is 6.84. The van der Waals surface area contributed by atoms with Gasteiger partial charge >= 0.3 is 0 Å². The lowest BCUT2D eigenvalue weighted by Crippen LogP contribution is -2.30. The van der Waals surface area contributed by atoms with Gasteiger partial charge in [-0.1, -0.05) is 78.9 Å². The van der Waals surface area contributed by atoms with Crippen molar-refractivity contribution < 1.29 is 0 Å². The summed E-state index contributed by atoms with van der Waals surface area (Å²) in [4.78, 5) is 0. The van der Waals surface area contributed by atoms with Gasteiger partial charge in [0.15, 0.2) is 0 Å². The molecule has 2 aliphatic rings. The summed E-state index contributed by atoms with van der Waals surface area (Å²) in [6.45, 7) is 0. The van der Waals surface area contributed by atoms with E-state index in [1.165, 1.54) is 47.7 Å². The SMILES string of the molecule is c1ccc([C@@H]2C[C@@H](c3ccccc3)n3c4c(c5ccccc53)CCC[C@@H]42)cc1. The zero-order chi connectivity index (χ0) is 18.5. The van der Waals surface area contributed by atoms with Crippen LogP contribution in [0.3, 0.4) is 0 Å². The summed E-state index contributed by atoms with van der Waals surface area (Å²) in [6, 6.07) is 31.9. The quantitative estimate of drug-likeness (QED) is 0.367. The molecule has 1 aromatic heterocycles. The molecular formula is C27H25N. The van der Waals surface area contributed by atoms with Crippen LogP contribution in [-0.2, 0) is 6.42 Å². The molecule has 2 heterocycles. The van der Waals surface area contributed by atoms with Crippen molar-refractivity contribution in [2.24, 2.45) is 0 Å². The van der Waals surface area contributed by atoms with Crippen LogP contribution in [0, 0.1) is 0 Å². The fraction of sp³-hybridized carbons (Fsp3) is 0.259. The first-order chi connectivity index (χ1) is 13.9. The number of aromatic nitrogens is 1. The van der Waals surface area contributed by atoms with Gasteiger partial charge in [0, 0.05) is 22.5 Å². The first-order valence-corrected chi connectivity index (χ1v) is 10.6. The smallest absolute Gasteiger partial charge is 0.0594 e. The van der Waals surface area contributed by atoms with Crippen LogP contribution in [0.4, 0.5) is 0 Å². The molecule has 0 bridgehead atoms. The van der Waals surface area contributed by atoms with E-state index in [2.05, 4.69) is 89.5 Å². The molecule has 3 atom stereocenters. The average Bonchev–Trinajstić information content (AvgIpc) is 3.12. The molecule has 0 saturated carbocycles. The van der Waals surface area contributed by atoms with Crippen LogP contribution >= 0.6 is 0 Å². The number of rotatable bonds is 2. The van der Waals surface area contributed by atoms with Gasteiger partial charge in [-0.3, -0.25) is 0 Å². The molecule has 138 valence electrons. The fourth-order valence-corrected chi connectivity index (χ4v) is 5.92. The van der Waals surface area contributed by atoms with Crippen molar-refractivity contribution in [3.63, 3.8) is 0 Å². The number of hydrogen-bond acceptors (Lipinski definition) is 0. The summed E-state index contributed by atoms with van der Waals surface area (Å²) in [5, 5.41) is 1.48. The number of fused-ring (bicyclic) bond motifs is 3. The van der Waals surface area contributed by atoms with Crippen molar-refractivity contribution in [1.82, 2.24) is 4.57 Å². The topological polar surface area (TPSA) is 4.93 Å². The minimum absolute atomic E-state index is 0.411. The van der Waals surface area contributed by atoms with Crippen LogP contribution in [0.5, 0.6) is 0 Å². The van der Waals surface area contributed by atoms with Crippen molar-refractivity contribution in [1.29, 1.82) is 0 Å². The van der Waals surface area contributed by atoms with E-state index in [1.807, 2.05) is 0 Å². The van der Waals surface area contributed by atoms with Gasteiger partial charge in [-0.2, -0.15) is 0 Å². The molecule has 4 aromatic rings. The fourth-order valence-electron chi connectivity index (χ4n) is 5.92. The van der Waals surface area contributed by atoms with Crippen LogP contribution in [0.2, 0.25) is 0 Å². The van der Waals surface area contributed by atoms with Crippen LogP contribution in [0.1, 0.15) is 59.5 Å². The van der Waals surface area contributed by atoms with Gasteiger partial charge in [0.25, 0.3) is 0 Å². The van der Waals surface area contributed by atoms with E-state index in [1.54, 1.807) is 11.3 Å². The monoisotopic (exact) mass is 363 g/mol. The van der Waals surface area contributed by atoms with Gasteiger partial charge in [-0.15, -0.1) is 0 Å². The van der Waals surface area contributed by atoms with E-state index in [9.17, 15) is 0 Å². The zero-order valence-corrected chi connectivity index (χ0v) is 16.1. The molecule has 0 radical (unpaired) electrons. The third kappa shape index (κ3) is 2.32. The van der Waals surface area contributed by atoms with Gasteiger partial charge in [0.05, 0.1) is 6.04 Å². The van der Waals surface area contributed by atoms with Crippen molar-refractivity contribution in [3.8, 4) is 0 Å². The third-order valence-corrected chi connectivity index (χ3v) is 7.04. The van der Waals surface area contributed by atoms with Crippen molar-refractivity contribution in [3.05, 3.63) is 107 Å². The molecule has 1 aliphatic heterocycles. The molecule has 1 aliphatic carbocycles. The van der Waals surface area contributed by atoms with E-state index >= 15 is 0 Å². The Hall–Kier alpha value is -2.80. The zero-order valence-electron chi connectivity index (χ0n) is 16.1. The Kier molecular flexibility index (Phi) is 3.68. The van der Waals surface area contributed by atoms with Crippen molar-refractivity contribution in [2.45, 2.75) is 43.6 Å². The maximum Gasteiger partial charge on any atom is 0.0594 e. The Morgan fingerprint density at radius 2 is 1.36 bits per heavy atom. The van der Waals surface area contributed by atoms with Gasteiger partial charge in [0.2, 0.25) is 0 Å². The second-order valence-electron chi connectivity index (χ2n) is 8.43. The Morgan fingerprint density at radius 3 is 2.14 bits per heavy atom. The predicted molar refractivity (Wildman–Crippen MR) is 116 cm³/mol. The van der Waals surface area contributed by atoms with E-state index < -0.39 is 0 Å². The lowest BCUT2D eigenvalue weighted by molar-refractivity contribution is 0.331. The van der Waals surface area contributed by atoms with Crippen LogP contribution in [0.15, 0.2) is 84.9 Å². The minimum atomic E-state index is 0.411. The van der Waals surface area contributed by atoms with Crippen LogP contribution < -0.4 is 0 Å². The highest BCUT2D eigenvalue weighted by Crippen LogP contribution is 2.54. The summed E-state index contributed by atoms with van der Waals surface area (Å²) >= 11 is 0. The molecule has 3 aromatic carbocycles. The number of benzene rings is 3. The Balaban J connectivity index is 1.64. The molecule has 0 fully saturated rings. The molecule has 0 spiro atoms. The molecule has 1 nitrogen and oxygen atoms in total. The van der Waals surface area contributed by atoms with E-state index in [4.69, 9.17) is 0 Å². The number of nitrogens with zero attached hydrogens (tertiary/aromatic N) is 1. The third-order valence-electron chi connectivity index (χ3n) is 7.04. The van der Waals surface area contributed by atoms with Crippen LogP contribution in [0.25, 0.3) is 10.9 Å². The van der Waals surface area contributed by atoms with E-state index in [0.717, 1.165) is 0 Å². The summed E-state index contributed by atoms with van der Waals surface area (Å²) < 4.78 is 2.71. The molecule has 0 amide bonds. The second kappa shape index (κ2) is 6.38. The largest absolute Gasteiger partial charge is 0.336 e. The average molecular weight is 364 g/mol. The maximum atomic E-state index is 2.71. The highest BCUT2D eigenvalue weighted by atomic mass is 15.1. The van der Waals surface area contributed by atoms with Crippen molar-refractivity contribution in [2.75, 3.05) is 0 Å². The Morgan fingerprint density at radius 1 is 0.679 bits per heavy atom. The summed E-state index contributed by atoms with van der Waals surface area (Å²) in [5.41, 5.74) is 7.63. The summed E-state index contributed by atoms with van der Waals surface area (Å²) in [7, 11) is 0. The standard InChI is InChI=1S/C27H25N/c1-3-10-19(11-4-1)24-18-26(20-12-5-2-6-13-20)28-25-17-8-7-14-21(25)22-15-9-16-23(24)27(22)28/h1-8,10-14,17,23-24,26H,9,15-16,18H2/t23-,24+,26+/m1/s1. The molecule has 6 rings (SSSR count). The van der Waals surface area contributed by atoms with Crippen LogP contribution in [-0.4, -0.2) is 4.57 Å². The first kappa shape index (κ1) is 16.2. The molecule has 0 unspecified atom stereocenters. The number of aryl methyl sites for hydroxylation is 1. The number of hydrogen-bond donors (Lipinski definition) is 0. The molecular weight excluding hydrogens is 338 g/mol. The van der Waals surface area contributed by atoms with E-state index in [0.29, 0.717) is 17.9 Å². The molecule has 0 saturated heterocycles. The lowest BCUT2D eigenvalue weighted by atomic mass is 9.70. The highest BCUT2D eigenvalue weighted by Gasteiger charge is 2.40. The van der Waals surface area contributed by atoms with Gasteiger partial charge < -0.3 is 4.57 Å². The summed E-state index contributed by atoms with van der Waals surface area (Å²) in [5.74, 6) is 1.24. The van der Waals surface area contributed by atoms with Gasteiger partial charge in [-0.05, 0) is 54.4 Å². The van der Waals surface area contributed by atoms with Crippen molar-refractivity contribution >= 4 is 10.9 Å². The molecule has 0 N–H and O–H groups in total. The van der Waals surface area contributed by atoms with E-state index in [-0.39, 0.29) is 0 Å². The maximum absolute atomic E-state index is 2.71. The first-order valence-electron chi connectivity index (χ1n) is 10.6.